The Balaban J connectivity index is 0.00000243. The van der Waals surface area contributed by atoms with Crippen LogP contribution in [0.5, 0.6) is 0 Å². The molecule has 1 aromatic carbocycles. The van der Waals surface area contributed by atoms with E-state index in [9.17, 15) is 9.59 Å². The standard InChI is InChI=1S/C18H26N4O3.ClH/c1-11(20-17(23)16-12(2)25-10-9-19-16)13-3-5-14(6-4-13)21-18(24)22-15-7-8-15;/h3-6,11-12,15-16,19H,7-10H2,1-2H3,(H,20,23)(H2,21,22,24);1H/t11?,12-,16+;/m1./s1. The summed E-state index contributed by atoms with van der Waals surface area (Å²) >= 11 is 0. The first-order chi connectivity index (χ1) is 12.0. The lowest BCUT2D eigenvalue weighted by molar-refractivity contribution is -0.129. The van der Waals surface area contributed by atoms with Crippen molar-refractivity contribution in [1.82, 2.24) is 16.0 Å². The monoisotopic (exact) mass is 382 g/mol. The van der Waals surface area contributed by atoms with Crippen LogP contribution in [0, 0.1) is 0 Å². The molecule has 1 saturated carbocycles. The van der Waals surface area contributed by atoms with Gasteiger partial charge in [-0.1, -0.05) is 12.1 Å². The third kappa shape index (κ3) is 5.59. The maximum absolute atomic E-state index is 12.4. The maximum Gasteiger partial charge on any atom is 0.319 e. The first-order valence-electron chi connectivity index (χ1n) is 8.86. The van der Waals surface area contributed by atoms with Gasteiger partial charge in [-0.15, -0.1) is 12.4 Å². The van der Waals surface area contributed by atoms with E-state index < -0.39 is 0 Å². The molecule has 26 heavy (non-hydrogen) atoms. The van der Waals surface area contributed by atoms with E-state index in [0.717, 1.165) is 24.1 Å². The smallest absolute Gasteiger partial charge is 0.319 e. The van der Waals surface area contributed by atoms with Crippen LogP contribution in [-0.4, -0.2) is 43.3 Å². The lowest BCUT2D eigenvalue weighted by atomic mass is 10.1. The number of rotatable bonds is 5. The van der Waals surface area contributed by atoms with E-state index >= 15 is 0 Å². The molecule has 8 heteroatoms. The van der Waals surface area contributed by atoms with E-state index in [2.05, 4.69) is 21.3 Å². The molecule has 0 spiro atoms. The molecule has 3 amide bonds. The number of ether oxygens (including phenoxy) is 1. The van der Waals surface area contributed by atoms with Crippen molar-refractivity contribution in [1.29, 1.82) is 0 Å². The van der Waals surface area contributed by atoms with Crippen molar-refractivity contribution in [3.8, 4) is 0 Å². The Morgan fingerprint density at radius 2 is 1.92 bits per heavy atom. The predicted octanol–water partition coefficient (Wildman–Crippen LogP) is 1.95. The second-order valence-electron chi connectivity index (χ2n) is 6.73. The van der Waals surface area contributed by atoms with Gasteiger partial charge in [-0.25, -0.2) is 4.79 Å². The van der Waals surface area contributed by atoms with E-state index in [0.29, 0.717) is 19.2 Å². The summed E-state index contributed by atoms with van der Waals surface area (Å²) in [7, 11) is 0. The van der Waals surface area contributed by atoms with Crippen molar-refractivity contribution in [3.05, 3.63) is 29.8 Å². The minimum absolute atomic E-state index is 0. The fraction of sp³-hybridized carbons (Fsp3) is 0.556. The number of anilines is 1. The molecule has 1 aliphatic heterocycles. The molecule has 144 valence electrons. The van der Waals surface area contributed by atoms with E-state index in [1.54, 1.807) is 0 Å². The number of morpholine rings is 1. The van der Waals surface area contributed by atoms with Gasteiger partial charge in [0.05, 0.1) is 18.8 Å². The number of nitrogens with one attached hydrogen (secondary N) is 4. The van der Waals surface area contributed by atoms with E-state index in [-0.39, 0.29) is 42.5 Å². The molecule has 1 saturated heterocycles. The van der Waals surface area contributed by atoms with Crippen LogP contribution >= 0.6 is 12.4 Å². The number of hydrogen-bond donors (Lipinski definition) is 4. The molecule has 2 aliphatic rings. The van der Waals surface area contributed by atoms with Gasteiger partial charge in [0, 0.05) is 18.3 Å². The molecular formula is C18H27ClN4O3. The topological polar surface area (TPSA) is 91.5 Å². The van der Waals surface area contributed by atoms with Crippen LogP contribution in [0.3, 0.4) is 0 Å². The molecule has 7 nitrogen and oxygen atoms in total. The normalized spacial score (nSPS) is 23.3. The van der Waals surface area contributed by atoms with E-state index in [4.69, 9.17) is 4.74 Å². The minimum Gasteiger partial charge on any atom is -0.375 e. The molecule has 1 heterocycles. The van der Waals surface area contributed by atoms with Gasteiger partial charge in [0.2, 0.25) is 5.91 Å². The highest BCUT2D eigenvalue weighted by molar-refractivity contribution is 5.89. The largest absolute Gasteiger partial charge is 0.375 e. The fourth-order valence-corrected chi connectivity index (χ4v) is 2.85. The third-order valence-corrected chi connectivity index (χ3v) is 4.54. The number of benzene rings is 1. The van der Waals surface area contributed by atoms with Gasteiger partial charge >= 0.3 is 6.03 Å². The summed E-state index contributed by atoms with van der Waals surface area (Å²) in [4.78, 5) is 24.1. The van der Waals surface area contributed by atoms with Crippen molar-refractivity contribution in [2.24, 2.45) is 0 Å². The van der Waals surface area contributed by atoms with Gasteiger partial charge in [0.25, 0.3) is 0 Å². The van der Waals surface area contributed by atoms with Crippen LogP contribution < -0.4 is 21.3 Å². The Kier molecular flexibility index (Phi) is 7.25. The highest BCUT2D eigenvalue weighted by atomic mass is 35.5. The quantitative estimate of drug-likeness (QED) is 0.626. The van der Waals surface area contributed by atoms with Crippen LogP contribution in [0.15, 0.2) is 24.3 Å². The Labute approximate surface area is 160 Å². The molecule has 1 aliphatic carbocycles. The zero-order chi connectivity index (χ0) is 17.8. The highest BCUT2D eigenvalue weighted by Crippen LogP contribution is 2.20. The van der Waals surface area contributed by atoms with Crippen LogP contribution in [-0.2, 0) is 9.53 Å². The summed E-state index contributed by atoms with van der Waals surface area (Å²) in [5, 5.41) is 11.9. The Morgan fingerprint density at radius 3 is 2.54 bits per heavy atom. The van der Waals surface area contributed by atoms with Crippen LogP contribution in [0.2, 0.25) is 0 Å². The van der Waals surface area contributed by atoms with E-state index in [1.165, 1.54) is 0 Å². The van der Waals surface area contributed by atoms with Crippen LogP contribution in [0.1, 0.15) is 38.3 Å². The highest BCUT2D eigenvalue weighted by Gasteiger charge is 2.29. The first-order valence-corrected chi connectivity index (χ1v) is 8.86. The van der Waals surface area contributed by atoms with E-state index in [1.807, 2.05) is 38.1 Å². The summed E-state index contributed by atoms with van der Waals surface area (Å²) in [6, 6.07) is 7.20. The second kappa shape index (κ2) is 9.21. The molecule has 2 fully saturated rings. The molecule has 1 unspecified atom stereocenters. The van der Waals surface area contributed by atoms with Gasteiger partial charge in [0.15, 0.2) is 0 Å². The van der Waals surface area contributed by atoms with Crippen molar-refractivity contribution in [2.75, 3.05) is 18.5 Å². The number of halogens is 1. The molecule has 0 aromatic heterocycles. The van der Waals surface area contributed by atoms with Crippen molar-refractivity contribution in [3.63, 3.8) is 0 Å². The molecular weight excluding hydrogens is 356 g/mol. The van der Waals surface area contributed by atoms with Crippen molar-refractivity contribution >= 4 is 30.0 Å². The van der Waals surface area contributed by atoms with Gasteiger partial charge < -0.3 is 26.0 Å². The van der Waals surface area contributed by atoms with Gasteiger partial charge in [-0.3, -0.25) is 4.79 Å². The molecule has 0 bridgehead atoms. The summed E-state index contributed by atoms with van der Waals surface area (Å²) in [6.07, 6.45) is 1.98. The molecule has 3 atom stereocenters. The van der Waals surface area contributed by atoms with Gasteiger partial charge in [0.1, 0.15) is 6.04 Å². The van der Waals surface area contributed by atoms with Crippen LogP contribution in [0.4, 0.5) is 10.5 Å². The summed E-state index contributed by atoms with van der Waals surface area (Å²) in [5.41, 5.74) is 1.71. The zero-order valence-corrected chi connectivity index (χ0v) is 15.9. The van der Waals surface area contributed by atoms with Crippen LogP contribution in [0.25, 0.3) is 0 Å². The zero-order valence-electron chi connectivity index (χ0n) is 15.1. The number of amides is 3. The summed E-state index contributed by atoms with van der Waals surface area (Å²) < 4.78 is 5.51. The number of hydrogen-bond acceptors (Lipinski definition) is 4. The molecule has 0 radical (unpaired) electrons. The third-order valence-electron chi connectivity index (χ3n) is 4.54. The number of carbonyl (C=O) groups excluding carboxylic acids is 2. The van der Waals surface area contributed by atoms with Crippen molar-refractivity contribution < 1.29 is 14.3 Å². The molecule has 4 N–H and O–H groups in total. The molecule has 3 rings (SSSR count). The predicted molar refractivity (Wildman–Crippen MR) is 103 cm³/mol. The fourth-order valence-electron chi connectivity index (χ4n) is 2.85. The van der Waals surface area contributed by atoms with Gasteiger partial charge in [-0.2, -0.15) is 0 Å². The Hall–Kier alpha value is -1.83. The second-order valence-corrected chi connectivity index (χ2v) is 6.73. The maximum atomic E-state index is 12.4. The average molecular weight is 383 g/mol. The first kappa shape index (κ1) is 20.5. The summed E-state index contributed by atoms with van der Waals surface area (Å²) in [6.45, 7) is 5.14. The Bertz CT molecular complexity index is 621. The lowest BCUT2D eigenvalue weighted by Gasteiger charge is -2.30. The lowest BCUT2D eigenvalue weighted by Crippen LogP contribution is -2.55. The Morgan fingerprint density at radius 1 is 1.23 bits per heavy atom. The number of urea groups is 1. The van der Waals surface area contributed by atoms with Crippen molar-refractivity contribution in [2.45, 2.75) is 50.9 Å². The number of carbonyl (C=O) groups is 2. The minimum atomic E-state index is -0.330. The summed E-state index contributed by atoms with van der Waals surface area (Å²) in [5.74, 6) is -0.0642. The van der Waals surface area contributed by atoms with Gasteiger partial charge in [-0.05, 0) is 44.4 Å². The SMILES string of the molecule is CC(NC(=O)[C@H]1NCCO[C@@H]1C)c1ccc(NC(=O)NC2CC2)cc1.Cl. The average Bonchev–Trinajstić information content (AvgIpc) is 3.39. The molecule has 1 aromatic rings.